The first kappa shape index (κ1) is 28.8. The first-order valence-electron chi connectivity index (χ1n) is 12.6. The lowest BCUT2D eigenvalue weighted by atomic mass is 9.77. The van der Waals surface area contributed by atoms with Gasteiger partial charge in [0.05, 0.1) is 15.7 Å². The Morgan fingerprint density at radius 1 is 0.944 bits per heavy atom. The SMILES string of the molecule is C.CC.Clc1cccc(-c2nc(Br)c(N3CCC4(CCCC4)CC3)cc2OCc2ccccc2)c1Cl. The quantitative estimate of drug-likeness (QED) is 0.276. The second-order valence-electron chi connectivity index (χ2n) is 9.21. The number of ether oxygens (including phenoxy) is 1. The molecule has 3 aromatic rings. The van der Waals surface area contributed by atoms with Gasteiger partial charge in [-0.25, -0.2) is 4.98 Å². The van der Waals surface area contributed by atoms with Crippen LogP contribution in [0.4, 0.5) is 5.69 Å². The molecule has 2 aliphatic rings. The van der Waals surface area contributed by atoms with Gasteiger partial charge in [0.15, 0.2) is 0 Å². The van der Waals surface area contributed by atoms with Crippen molar-refractivity contribution >= 4 is 44.8 Å². The van der Waals surface area contributed by atoms with Gasteiger partial charge in [0, 0.05) is 24.7 Å². The van der Waals surface area contributed by atoms with Gasteiger partial charge in [-0.05, 0) is 58.7 Å². The number of benzene rings is 2. The summed E-state index contributed by atoms with van der Waals surface area (Å²) in [4.78, 5) is 7.37. The van der Waals surface area contributed by atoms with E-state index in [1.807, 2.05) is 44.2 Å². The highest BCUT2D eigenvalue weighted by Crippen LogP contribution is 2.48. The van der Waals surface area contributed by atoms with E-state index in [9.17, 15) is 0 Å². The summed E-state index contributed by atoms with van der Waals surface area (Å²) < 4.78 is 7.15. The van der Waals surface area contributed by atoms with Crippen LogP contribution >= 0.6 is 39.1 Å². The highest BCUT2D eigenvalue weighted by atomic mass is 79.9. The molecule has 1 aromatic heterocycles. The molecule has 0 amide bonds. The van der Waals surface area contributed by atoms with Gasteiger partial charge in [0.25, 0.3) is 0 Å². The molecule has 2 fully saturated rings. The van der Waals surface area contributed by atoms with E-state index in [-0.39, 0.29) is 7.43 Å². The Bertz CT molecular complexity index is 1120. The monoisotopic (exact) mass is 590 g/mol. The number of rotatable bonds is 5. The molecule has 1 aliphatic heterocycles. The second-order valence-corrected chi connectivity index (χ2v) is 10.8. The molecule has 6 heteroatoms. The van der Waals surface area contributed by atoms with Crippen molar-refractivity contribution in [2.45, 2.75) is 66.4 Å². The van der Waals surface area contributed by atoms with Crippen LogP contribution in [-0.2, 0) is 6.61 Å². The molecule has 1 saturated heterocycles. The van der Waals surface area contributed by atoms with E-state index < -0.39 is 0 Å². The minimum Gasteiger partial charge on any atom is -0.487 e. The number of pyridine rings is 1. The van der Waals surface area contributed by atoms with Crippen molar-refractivity contribution in [1.82, 2.24) is 4.98 Å². The maximum Gasteiger partial charge on any atom is 0.148 e. The number of anilines is 1. The van der Waals surface area contributed by atoms with Crippen molar-refractivity contribution in [2.75, 3.05) is 18.0 Å². The Morgan fingerprint density at radius 2 is 1.61 bits per heavy atom. The molecule has 36 heavy (non-hydrogen) atoms. The molecule has 1 aliphatic carbocycles. The number of piperidine rings is 1. The molecule has 5 rings (SSSR count). The Kier molecular flexibility index (Phi) is 10.5. The predicted molar refractivity (Wildman–Crippen MR) is 159 cm³/mol. The second kappa shape index (κ2) is 13.2. The third-order valence-electron chi connectivity index (χ3n) is 7.20. The van der Waals surface area contributed by atoms with Gasteiger partial charge in [0.2, 0.25) is 0 Å². The molecule has 0 unspecified atom stereocenters. The summed E-state index contributed by atoms with van der Waals surface area (Å²) >= 11 is 16.6. The molecule has 2 aromatic carbocycles. The van der Waals surface area contributed by atoms with Crippen LogP contribution in [0, 0.1) is 5.41 Å². The minimum atomic E-state index is 0. The molecule has 0 N–H and O–H groups in total. The van der Waals surface area contributed by atoms with Gasteiger partial charge < -0.3 is 9.64 Å². The average Bonchev–Trinajstić information content (AvgIpc) is 3.35. The molecular weight excluding hydrogens is 555 g/mol. The van der Waals surface area contributed by atoms with Crippen molar-refractivity contribution in [1.29, 1.82) is 0 Å². The van der Waals surface area contributed by atoms with E-state index in [2.05, 4.69) is 39.0 Å². The molecule has 0 radical (unpaired) electrons. The highest BCUT2D eigenvalue weighted by Gasteiger charge is 2.37. The first-order valence-corrected chi connectivity index (χ1v) is 14.2. The van der Waals surface area contributed by atoms with Crippen LogP contribution in [-0.4, -0.2) is 18.1 Å². The lowest BCUT2D eigenvalue weighted by molar-refractivity contribution is 0.226. The summed E-state index contributed by atoms with van der Waals surface area (Å²) in [6, 6.07) is 17.9. The molecule has 1 spiro atoms. The smallest absolute Gasteiger partial charge is 0.148 e. The predicted octanol–water partition coefficient (Wildman–Crippen LogP) is 10.2. The third kappa shape index (κ3) is 6.38. The van der Waals surface area contributed by atoms with Gasteiger partial charge >= 0.3 is 0 Å². The zero-order chi connectivity index (χ0) is 24.8. The van der Waals surface area contributed by atoms with E-state index in [1.165, 1.54) is 38.5 Å². The van der Waals surface area contributed by atoms with Crippen molar-refractivity contribution in [3.8, 4) is 17.0 Å². The number of halogens is 3. The van der Waals surface area contributed by atoms with Crippen molar-refractivity contribution in [3.05, 3.63) is 74.8 Å². The summed E-state index contributed by atoms with van der Waals surface area (Å²) in [6.45, 7) is 6.56. The van der Waals surface area contributed by atoms with E-state index in [4.69, 9.17) is 32.9 Å². The van der Waals surface area contributed by atoms with Crippen molar-refractivity contribution < 1.29 is 4.74 Å². The van der Waals surface area contributed by atoms with Gasteiger partial charge in [0.1, 0.15) is 22.7 Å². The Hall–Kier alpha value is -1.75. The third-order valence-corrected chi connectivity index (χ3v) is 8.60. The maximum absolute atomic E-state index is 6.57. The van der Waals surface area contributed by atoms with Gasteiger partial charge in [-0.15, -0.1) is 0 Å². The summed E-state index contributed by atoms with van der Waals surface area (Å²) in [5, 5.41) is 0.986. The van der Waals surface area contributed by atoms with Gasteiger partial charge in [-0.3, -0.25) is 0 Å². The first-order chi connectivity index (χ1) is 17.0. The Balaban J connectivity index is 0.00000117. The van der Waals surface area contributed by atoms with Crippen LogP contribution < -0.4 is 9.64 Å². The standard InChI is InChI=1S/C27H27BrCl2N2O.C2H6.CH4/c28-26-22(32-15-13-27(14-16-32)11-4-5-12-27)17-23(33-18-19-7-2-1-3-8-19)25(31-26)20-9-6-10-21(29)24(20)30;1-2;/h1-3,6-10,17H,4-5,11-16,18H2;1-2H3;1H4. The molecule has 0 bridgehead atoms. The zero-order valence-corrected chi connectivity index (χ0v) is 23.6. The van der Waals surface area contributed by atoms with Crippen LogP contribution in [0.3, 0.4) is 0 Å². The molecule has 3 nitrogen and oxygen atoms in total. The fraction of sp³-hybridized carbons (Fsp3) is 0.433. The summed E-state index contributed by atoms with van der Waals surface area (Å²) in [7, 11) is 0. The van der Waals surface area contributed by atoms with E-state index in [0.717, 1.165) is 34.5 Å². The molecule has 1 saturated carbocycles. The molecule has 0 atom stereocenters. The van der Waals surface area contributed by atoms with Crippen LogP contribution in [0.15, 0.2) is 59.2 Å². The van der Waals surface area contributed by atoms with Crippen molar-refractivity contribution in [2.24, 2.45) is 5.41 Å². The zero-order valence-electron chi connectivity index (χ0n) is 20.5. The Labute approximate surface area is 235 Å². The fourth-order valence-corrected chi connectivity index (χ4v) is 6.19. The van der Waals surface area contributed by atoms with Crippen LogP contribution in [0.25, 0.3) is 11.3 Å². The van der Waals surface area contributed by atoms with Crippen molar-refractivity contribution in [3.63, 3.8) is 0 Å². The van der Waals surface area contributed by atoms with Gasteiger partial charge in [-0.2, -0.15) is 0 Å². The molecule has 2 heterocycles. The number of aromatic nitrogens is 1. The van der Waals surface area contributed by atoms with E-state index in [0.29, 0.717) is 33.5 Å². The summed E-state index contributed by atoms with van der Waals surface area (Å²) in [5.41, 5.74) is 4.21. The molecule has 194 valence electrons. The average molecular weight is 592 g/mol. The Morgan fingerprint density at radius 3 is 2.28 bits per heavy atom. The fourth-order valence-electron chi connectivity index (χ4n) is 5.26. The van der Waals surface area contributed by atoms with E-state index in [1.54, 1.807) is 6.07 Å². The number of hydrogen-bond donors (Lipinski definition) is 0. The van der Waals surface area contributed by atoms with Crippen LogP contribution in [0.2, 0.25) is 10.0 Å². The van der Waals surface area contributed by atoms with E-state index >= 15 is 0 Å². The van der Waals surface area contributed by atoms with Gasteiger partial charge in [-0.1, -0.05) is 99.8 Å². The topological polar surface area (TPSA) is 25.4 Å². The lowest BCUT2D eigenvalue weighted by Crippen LogP contribution is -2.39. The number of nitrogens with zero attached hydrogens (tertiary/aromatic N) is 2. The highest BCUT2D eigenvalue weighted by molar-refractivity contribution is 9.10. The normalized spacial score (nSPS) is 16.2. The van der Waals surface area contributed by atoms with Crippen LogP contribution in [0.1, 0.15) is 65.4 Å². The summed E-state index contributed by atoms with van der Waals surface area (Å²) in [6.07, 6.45) is 8.05. The van der Waals surface area contributed by atoms with Crippen LogP contribution in [0.5, 0.6) is 5.75 Å². The minimum absolute atomic E-state index is 0. The largest absolute Gasteiger partial charge is 0.487 e. The maximum atomic E-state index is 6.57. The number of hydrogen-bond acceptors (Lipinski definition) is 3. The summed E-state index contributed by atoms with van der Waals surface area (Å²) in [5.74, 6) is 0.711. The molecular formula is C30H37BrCl2N2O. The lowest BCUT2D eigenvalue weighted by Gasteiger charge is -2.40.